The Hall–Kier alpha value is -0.970. The van der Waals surface area contributed by atoms with Gasteiger partial charge in [0, 0.05) is 5.92 Å². The molecular weight excluding hydrogens is 238 g/mol. The van der Waals surface area contributed by atoms with Gasteiger partial charge in [-0.2, -0.15) is 0 Å². The minimum atomic E-state index is -2.52. The van der Waals surface area contributed by atoms with Crippen molar-refractivity contribution in [3.8, 4) is 5.75 Å². The Morgan fingerprint density at radius 1 is 1.44 bits per heavy atom. The molecule has 0 amide bonds. The molecule has 16 heavy (non-hydrogen) atoms. The normalized spacial score (nSPS) is 11.2. The summed E-state index contributed by atoms with van der Waals surface area (Å²) in [5.74, 6) is 1.12. The first-order valence-corrected chi connectivity index (χ1v) is 5.40. The lowest BCUT2D eigenvalue weighted by molar-refractivity contribution is 0.0810. The van der Waals surface area contributed by atoms with Crippen LogP contribution < -0.4 is 4.74 Å². The molecule has 3 nitrogen and oxygen atoms in total. The average Bonchev–Trinajstić information content (AvgIpc) is 2.25. The molecule has 0 fully saturated rings. The fourth-order valence-corrected chi connectivity index (χ4v) is 1.26. The second kappa shape index (κ2) is 5.94. The van der Waals surface area contributed by atoms with Gasteiger partial charge in [-0.3, -0.25) is 0 Å². The van der Waals surface area contributed by atoms with Crippen molar-refractivity contribution in [3.63, 3.8) is 0 Å². The van der Waals surface area contributed by atoms with Gasteiger partial charge in [0.05, 0.1) is 12.1 Å². The SMILES string of the molecule is CC(C)c1ncc(OCC(F)F)c(CCl)n1. The standard InChI is InChI=1S/C10H13ClF2N2O/c1-6(2)10-14-4-8(7(3-11)15-10)16-5-9(12)13/h4,6,9H,3,5H2,1-2H3. The number of hydrogen-bond donors (Lipinski definition) is 0. The molecule has 0 aliphatic rings. The van der Waals surface area contributed by atoms with Crippen LogP contribution in [-0.4, -0.2) is 23.0 Å². The quantitative estimate of drug-likeness (QED) is 0.754. The van der Waals surface area contributed by atoms with Crippen molar-refractivity contribution in [1.82, 2.24) is 9.97 Å². The summed E-state index contributed by atoms with van der Waals surface area (Å²) >= 11 is 5.67. The summed E-state index contributed by atoms with van der Waals surface area (Å²) in [6, 6.07) is 0. The first-order chi connectivity index (χ1) is 7.54. The van der Waals surface area contributed by atoms with Gasteiger partial charge < -0.3 is 4.74 Å². The van der Waals surface area contributed by atoms with E-state index in [9.17, 15) is 8.78 Å². The maximum absolute atomic E-state index is 12.0. The summed E-state index contributed by atoms with van der Waals surface area (Å²) in [5, 5.41) is 0. The molecule has 1 aromatic rings. The minimum Gasteiger partial charge on any atom is -0.484 e. The summed E-state index contributed by atoms with van der Waals surface area (Å²) in [6.07, 6.45) is -1.13. The Morgan fingerprint density at radius 2 is 2.12 bits per heavy atom. The summed E-state index contributed by atoms with van der Waals surface area (Å²) in [5.41, 5.74) is 0.445. The largest absolute Gasteiger partial charge is 0.484 e. The monoisotopic (exact) mass is 250 g/mol. The molecule has 0 saturated heterocycles. The Balaban J connectivity index is 2.84. The Kier molecular flexibility index (Phi) is 4.86. The van der Waals surface area contributed by atoms with Crippen LogP contribution in [0.15, 0.2) is 6.20 Å². The van der Waals surface area contributed by atoms with Crippen molar-refractivity contribution in [2.24, 2.45) is 0 Å². The third-order valence-corrected chi connectivity index (χ3v) is 2.11. The highest BCUT2D eigenvalue weighted by molar-refractivity contribution is 6.17. The molecule has 1 aromatic heterocycles. The van der Waals surface area contributed by atoms with Gasteiger partial charge in [-0.05, 0) is 0 Å². The van der Waals surface area contributed by atoms with E-state index in [1.165, 1.54) is 6.20 Å². The number of hydrogen-bond acceptors (Lipinski definition) is 3. The predicted molar refractivity (Wildman–Crippen MR) is 57.2 cm³/mol. The van der Waals surface area contributed by atoms with Crippen LogP contribution in [-0.2, 0) is 5.88 Å². The number of nitrogens with zero attached hydrogens (tertiary/aromatic N) is 2. The molecule has 0 bridgehead atoms. The van der Waals surface area contributed by atoms with Gasteiger partial charge in [-0.1, -0.05) is 13.8 Å². The van der Waals surface area contributed by atoms with E-state index < -0.39 is 13.0 Å². The molecule has 0 spiro atoms. The fraction of sp³-hybridized carbons (Fsp3) is 0.600. The van der Waals surface area contributed by atoms with E-state index in [1.807, 2.05) is 13.8 Å². The van der Waals surface area contributed by atoms with Gasteiger partial charge >= 0.3 is 0 Å². The maximum Gasteiger partial charge on any atom is 0.272 e. The highest BCUT2D eigenvalue weighted by Crippen LogP contribution is 2.20. The molecule has 0 aromatic carbocycles. The van der Waals surface area contributed by atoms with E-state index in [0.29, 0.717) is 11.5 Å². The van der Waals surface area contributed by atoms with Crippen LogP contribution in [0.5, 0.6) is 5.75 Å². The second-order valence-electron chi connectivity index (χ2n) is 3.53. The van der Waals surface area contributed by atoms with E-state index >= 15 is 0 Å². The first kappa shape index (κ1) is 13.1. The van der Waals surface area contributed by atoms with Crippen LogP contribution in [0.25, 0.3) is 0 Å². The molecule has 0 unspecified atom stereocenters. The maximum atomic E-state index is 12.0. The minimum absolute atomic E-state index is 0.112. The van der Waals surface area contributed by atoms with Gasteiger partial charge in [0.1, 0.15) is 18.1 Å². The first-order valence-electron chi connectivity index (χ1n) is 4.87. The third kappa shape index (κ3) is 3.56. The van der Waals surface area contributed by atoms with Crippen LogP contribution in [0.1, 0.15) is 31.3 Å². The van der Waals surface area contributed by atoms with Crippen LogP contribution in [0.2, 0.25) is 0 Å². The molecule has 0 atom stereocenters. The fourth-order valence-electron chi connectivity index (χ4n) is 1.07. The summed E-state index contributed by atoms with van der Waals surface area (Å²) in [4.78, 5) is 8.18. The summed E-state index contributed by atoms with van der Waals surface area (Å²) < 4.78 is 28.8. The van der Waals surface area contributed by atoms with E-state index in [0.717, 1.165) is 0 Å². The second-order valence-corrected chi connectivity index (χ2v) is 3.80. The predicted octanol–water partition coefficient (Wildman–Crippen LogP) is 2.98. The number of ether oxygens (including phenoxy) is 1. The van der Waals surface area contributed by atoms with Crippen molar-refractivity contribution < 1.29 is 13.5 Å². The summed E-state index contributed by atoms with van der Waals surface area (Å²) in [7, 11) is 0. The van der Waals surface area contributed by atoms with E-state index in [4.69, 9.17) is 16.3 Å². The molecular formula is C10H13ClF2N2O. The lowest BCUT2D eigenvalue weighted by atomic mass is 10.2. The Bertz CT molecular complexity index is 348. The molecule has 0 aliphatic heterocycles. The van der Waals surface area contributed by atoms with Crippen LogP contribution in [0.3, 0.4) is 0 Å². The van der Waals surface area contributed by atoms with E-state index in [1.54, 1.807) is 0 Å². The Labute approximate surface area is 97.8 Å². The third-order valence-electron chi connectivity index (χ3n) is 1.86. The van der Waals surface area contributed by atoms with Gasteiger partial charge in [0.25, 0.3) is 6.43 Å². The van der Waals surface area contributed by atoms with Crippen molar-refractivity contribution >= 4 is 11.6 Å². The number of alkyl halides is 3. The number of halogens is 3. The molecule has 0 saturated carbocycles. The molecule has 0 N–H and O–H groups in total. The molecule has 1 rings (SSSR count). The number of aromatic nitrogens is 2. The topological polar surface area (TPSA) is 35.0 Å². The van der Waals surface area contributed by atoms with Crippen LogP contribution in [0.4, 0.5) is 8.78 Å². The average molecular weight is 251 g/mol. The zero-order valence-electron chi connectivity index (χ0n) is 9.08. The highest BCUT2D eigenvalue weighted by atomic mass is 35.5. The molecule has 6 heteroatoms. The van der Waals surface area contributed by atoms with Crippen molar-refractivity contribution in [1.29, 1.82) is 0 Å². The molecule has 90 valence electrons. The van der Waals surface area contributed by atoms with E-state index in [2.05, 4.69) is 9.97 Å². The van der Waals surface area contributed by atoms with Gasteiger partial charge in [0.2, 0.25) is 0 Å². The number of rotatable bonds is 5. The van der Waals surface area contributed by atoms with Crippen LogP contribution in [0, 0.1) is 0 Å². The van der Waals surface area contributed by atoms with Gasteiger partial charge in [-0.25, -0.2) is 18.7 Å². The molecule has 0 radical (unpaired) electrons. The van der Waals surface area contributed by atoms with Crippen molar-refractivity contribution in [2.75, 3.05) is 6.61 Å². The van der Waals surface area contributed by atoms with E-state index in [-0.39, 0.29) is 17.5 Å². The van der Waals surface area contributed by atoms with Gasteiger partial charge in [-0.15, -0.1) is 11.6 Å². The van der Waals surface area contributed by atoms with Gasteiger partial charge in [0.15, 0.2) is 5.75 Å². The summed E-state index contributed by atoms with van der Waals surface area (Å²) in [6.45, 7) is 3.20. The van der Waals surface area contributed by atoms with Crippen molar-refractivity contribution in [2.45, 2.75) is 32.1 Å². The highest BCUT2D eigenvalue weighted by Gasteiger charge is 2.12. The Morgan fingerprint density at radius 3 is 2.62 bits per heavy atom. The lowest BCUT2D eigenvalue weighted by Gasteiger charge is -2.10. The lowest BCUT2D eigenvalue weighted by Crippen LogP contribution is -2.10. The van der Waals surface area contributed by atoms with Crippen molar-refractivity contribution in [3.05, 3.63) is 17.7 Å². The molecule has 0 aliphatic carbocycles. The van der Waals surface area contributed by atoms with Crippen LogP contribution >= 0.6 is 11.6 Å². The smallest absolute Gasteiger partial charge is 0.272 e. The molecule has 1 heterocycles. The zero-order valence-corrected chi connectivity index (χ0v) is 9.84. The zero-order chi connectivity index (χ0) is 12.1.